The highest BCUT2D eigenvalue weighted by molar-refractivity contribution is 6.80. The number of hydrogen-bond acceptors (Lipinski definition) is 2. The summed E-state index contributed by atoms with van der Waals surface area (Å²) in [7, 11) is -3.85. The molecule has 0 aromatic carbocycles. The molecular weight excluding hydrogens is 212 g/mol. The average Bonchev–Trinajstić information content (AvgIpc) is 1.47. The second-order valence-electron chi connectivity index (χ2n) is 5.39. The van der Waals surface area contributed by atoms with Gasteiger partial charge >= 0.3 is 8.56 Å². The fraction of sp³-hybridized carbons (Fsp3) is 1.00. The summed E-state index contributed by atoms with van der Waals surface area (Å²) in [4.78, 5) is 9.30. The van der Waals surface area contributed by atoms with E-state index in [1.807, 2.05) is 0 Å². The first-order chi connectivity index (χ1) is 5.44. The Bertz CT molecular complexity index is 110. The maximum atomic E-state index is 9.30. The van der Waals surface area contributed by atoms with Gasteiger partial charge in [0.1, 0.15) is 0 Å². The molecule has 0 aromatic rings. The second-order valence-corrected chi connectivity index (χ2v) is 16.8. The van der Waals surface area contributed by atoms with E-state index < -0.39 is 16.9 Å². The van der Waals surface area contributed by atoms with Gasteiger partial charge in [0, 0.05) is 8.80 Å². The Morgan fingerprint density at radius 2 is 1.15 bits per heavy atom. The SMILES string of the molecule is C[SiH](C)C.C[Si](C)(C)O[Si](C)(C)O. The highest BCUT2D eigenvalue weighted by atomic mass is 28.4. The van der Waals surface area contributed by atoms with Crippen molar-refractivity contribution in [2.75, 3.05) is 0 Å². The molecule has 82 valence electrons. The standard InChI is InChI=1S/C5H16O2Si2.C3H10Si/c1-8(2,3)7-9(4,5)6;1-4(2)3/h6H,1-5H3;4H,1-3H3. The lowest BCUT2D eigenvalue weighted by Gasteiger charge is -2.25. The molecule has 0 saturated carbocycles. The molecule has 0 aliphatic carbocycles. The van der Waals surface area contributed by atoms with Crippen LogP contribution in [-0.4, -0.2) is 30.5 Å². The highest BCUT2D eigenvalue weighted by Crippen LogP contribution is 2.10. The van der Waals surface area contributed by atoms with Gasteiger partial charge in [0.25, 0.3) is 0 Å². The van der Waals surface area contributed by atoms with Gasteiger partial charge in [-0.15, -0.1) is 0 Å². The van der Waals surface area contributed by atoms with Crippen LogP contribution in [0.3, 0.4) is 0 Å². The van der Waals surface area contributed by atoms with Crippen LogP contribution in [0.15, 0.2) is 0 Å². The lowest BCUT2D eigenvalue weighted by Crippen LogP contribution is -2.42. The second kappa shape index (κ2) is 6.13. The zero-order valence-corrected chi connectivity index (χ0v) is 13.6. The molecule has 0 heterocycles. The molecule has 0 fully saturated rings. The van der Waals surface area contributed by atoms with Crippen molar-refractivity contribution in [2.45, 2.75) is 52.4 Å². The van der Waals surface area contributed by atoms with Crippen molar-refractivity contribution < 1.29 is 8.91 Å². The lowest BCUT2D eigenvalue weighted by atomic mass is 11.8. The van der Waals surface area contributed by atoms with Crippen LogP contribution in [0.2, 0.25) is 52.4 Å². The van der Waals surface area contributed by atoms with E-state index in [4.69, 9.17) is 4.12 Å². The van der Waals surface area contributed by atoms with Gasteiger partial charge in [-0.1, -0.05) is 19.6 Å². The topological polar surface area (TPSA) is 29.5 Å². The predicted octanol–water partition coefficient (Wildman–Crippen LogP) is 2.63. The summed E-state index contributed by atoms with van der Waals surface area (Å²) < 4.78 is 5.46. The molecular formula is C8H26O2Si3. The summed E-state index contributed by atoms with van der Waals surface area (Å²) in [5.74, 6) is 0. The Labute approximate surface area is 87.3 Å². The van der Waals surface area contributed by atoms with Gasteiger partial charge in [-0.25, -0.2) is 0 Å². The van der Waals surface area contributed by atoms with E-state index in [1.54, 1.807) is 13.1 Å². The van der Waals surface area contributed by atoms with Crippen LogP contribution < -0.4 is 0 Å². The third kappa shape index (κ3) is 32.5. The molecule has 0 aliphatic heterocycles. The largest absolute Gasteiger partial charge is 0.436 e. The molecule has 0 aliphatic rings. The zero-order valence-electron chi connectivity index (χ0n) is 10.4. The van der Waals surface area contributed by atoms with Gasteiger partial charge in [0.05, 0.1) is 0 Å². The monoisotopic (exact) mass is 238 g/mol. The maximum Gasteiger partial charge on any atom is 0.318 e. The molecule has 13 heavy (non-hydrogen) atoms. The van der Waals surface area contributed by atoms with Crippen molar-refractivity contribution in [1.82, 2.24) is 0 Å². The molecule has 0 bridgehead atoms. The molecule has 0 unspecified atom stereocenters. The Morgan fingerprint density at radius 1 is 0.923 bits per heavy atom. The summed E-state index contributed by atoms with van der Waals surface area (Å²) in [5.41, 5.74) is 0. The van der Waals surface area contributed by atoms with E-state index in [0.29, 0.717) is 0 Å². The van der Waals surface area contributed by atoms with Crippen LogP contribution in [0.5, 0.6) is 0 Å². The summed E-state index contributed by atoms with van der Waals surface area (Å²) in [6.45, 7) is 16.8. The van der Waals surface area contributed by atoms with Crippen LogP contribution in [-0.2, 0) is 4.12 Å². The quantitative estimate of drug-likeness (QED) is 0.750. The smallest absolute Gasteiger partial charge is 0.318 e. The van der Waals surface area contributed by atoms with Crippen molar-refractivity contribution in [3.05, 3.63) is 0 Å². The fourth-order valence-electron chi connectivity index (χ4n) is 0.749. The van der Waals surface area contributed by atoms with Crippen LogP contribution >= 0.6 is 0 Å². The Kier molecular flexibility index (Phi) is 7.55. The van der Waals surface area contributed by atoms with Gasteiger partial charge in [0.15, 0.2) is 8.32 Å². The Morgan fingerprint density at radius 3 is 1.15 bits per heavy atom. The van der Waals surface area contributed by atoms with E-state index in [-0.39, 0.29) is 8.80 Å². The van der Waals surface area contributed by atoms with E-state index in [1.165, 1.54) is 0 Å². The first-order valence-electron chi connectivity index (χ1n) is 4.86. The summed E-state index contributed by atoms with van der Waals surface area (Å²) in [5, 5.41) is 0. The van der Waals surface area contributed by atoms with E-state index in [9.17, 15) is 4.80 Å². The van der Waals surface area contributed by atoms with Crippen molar-refractivity contribution in [3.63, 3.8) is 0 Å². The third-order valence-electron chi connectivity index (χ3n) is 0.556. The predicted molar refractivity (Wildman–Crippen MR) is 68.9 cm³/mol. The van der Waals surface area contributed by atoms with Crippen molar-refractivity contribution >= 4 is 25.7 Å². The molecule has 0 spiro atoms. The molecule has 0 amide bonds. The molecule has 5 heteroatoms. The number of hydrogen-bond donors (Lipinski definition) is 1. The molecule has 0 aromatic heterocycles. The first kappa shape index (κ1) is 16.0. The summed E-state index contributed by atoms with van der Waals surface area (Å²) in [6.07, 6.45) is 0. The summed E-state index contributed by atoms with van der Waals surface area (Å²) >= 11 is 0. The normalized spacial score (nSPS) is 12.5. The van der Waals surface area contributed by atoms with Crippen molar-refractivity contribution in [3.8, 4) is 0 Å². The molecule has 0 atom stereocenters. The van der Waals surface area contributed by atoms with Crippen LogP contribution in [0.4, 0.5) is 0 Å². The molecule has 0 radical (unpaired) electrons. The van der Waals surface area contributed by atoms with Crippen LogP contribution in [0.1, 0.15) is 0 Å². The highest BCUT2D eigenvalue weighted by Gasteiger charge is 2.27. The molecule has 0 saturated heterocycles. The van der Waals surface area contributed by atoms with Crippen LogP contribution in [0.25, 0.3) is 0 Å². The third-order valence-corrected chi connectivity index (χ3v) is 5.00. The van der Waals surface area contributed by atoms with Gasteiger partial charge in [-0.2, -0.15) is 0 Å². The fourth-order valence-corrected chi connectivity index (χ4v) is 6.74. The Hall–Kier alpha value is 0.571. The van der Waals surface area contributed by atoms with Crippen LogP contribution in [0, 0.1) is 0 Å². The Balaban J connectivity index is 0. The van der Waals surface area contributed by atoms with E-state index in [2.05, 4.69) is 39.3 Å². The van der Waals surface area contributed by atoms with E-state index >= 15 is 0 Å². The minimum atomic E-state index is -2.23. The minimum Gasteiger partial charge on any atom is -0.436 e. The molecule has 0 rings (SSSR count). The van der Waals surface area contributed by atoms with Gasteiger partial charge < -0.3 is 8.91 Å². The number of rotatable bonds is 2. The van der Waals surface area contributed by atoms with Gasteiger partial charge in [0.2, 0.25) is 0 Å². The van der Waals surface area contributed by atoms with Gasteiger partial charge in [-0.3, -0.25) is 0 Å². The first-order valence-corrected chi connectivity index (χ1v) is 14.6. The lowest BCUT2D eigenvalue weighted by molar-refractivity contribution is 0.389. The van der Waals surface area contributed by atoms with Crippen molar-refractivity contribution in [1.29, 1.82) is 0 Å². The van der Waals surface area contributed by atoms with Gasteiger partial charge in [-0.05, 0) is 32.7 Å². The minimum absolute atomic E-state index is 0.139. The molecule has 2 nitrogen and oxygen atoms in total. The maximum absolute atomic E-state index is 9.30. The zero-order chi connectivity index (χ0) is 11.3. The average molecular weight is 239 g/mol. The van der Waals surface area contributed by atoms with E-state index in [0.717, 1.165) is 0 Å². The van der Waals surface area contributed by atoms with Crippen molar-refractivity contribution in [2.24, 2.45) is 0 Å². The summed E-state index contributed by atoms with van der Waals surface area (Å²) in [6, 6.07) is 0. The molecule has 1 N–H and O–H groups in total.